The van der Waals surface area contributed by atoms with Gasteiger partial charge in [0.05, 0.1) is 6.57 Å². The Bertz CT molecular complexity index is 2460. The third kappa shape index (κ3) is 5.31. The molecule has 6 aromatic carbocycles. The highest BCUT2D eigenvalue weighted by atomic mass is 15.0. The van der Waals surface area contributed by atoms with Gasteiger partial charge in [0, 0.05) is 16.7 Å². The summed E-state index contributed by atoms with van der Waals surface area (Å²) in [7, 11) is 0. The van der Waals surface area contributed by atoms with E-state index in [1.54, 1.807) is 5.56 Å². The number of benzene rings is 6. The van der Waals surface area contributed by atoms with E-state index in [2.05, 4.69) is 77.6 Å². The van der Waals surface area contributed by atoms with E-state index >= 15 is 0 Å². The summed E-state index contributed by atoms with van der Waals surface area (Å²) in [6, 6.07) is 48.8. The first-order valence-electron chi connectivity index (χ1n) is 18.6. The molecule has 4 aliphatic rings. The van der Waals surface area contributed by atoms with E-state index in [1.807, 2.05) is 66.7 Å². The molecule has 0 radical (unpaired) electrons. The topological polar surface area (TPSA) is 43.0 Å². The molecule has 0 unspecified atom stereocenters. The maximum Gasteiger partial charge on any atom is 0.194 e. The molecule has 4 nitrogen and oxygen atoms in total. The molecule has 0 saturated heterocycles. The van der Waals surface area contributed by atoms with Crippen molar-refractivity contribution in [1.82, 2.24) is 15.0 Å². The van der Waals surface area contributed by atoms with Crippen molar-refractivity contribution in [2.45, 2.75) is 43.9 Å². The molecule has 0 aliphatic heterocycles. The second-order valence-corrected chi connectivity index (χ2v) is 15.4. The minimum absolute atomic E-state index is 0.390. The maximum absolute atomic E-state index is 7.76. The predicted octanol–water partition coefficient (Wildman–Crippen LogP) is 12.4. The van der Waals surface area contributed by atoms with Crippen molar-refractivity contribution in [3.8, 4) is 56.4 Å². The number of rotatable bonds is 6. The van der Waals surface area contributed by atoms with Gasteiger partial charge in [0.2, 0.25) is 0 Å². The molecule has 0 atom stereocenters. The number of hydrogen-bond acceptors (Lipinski definition) is 3. The molecule has 0 spiro atoms. The third-order valence-electron chi connectivity index (χ3n) is 12.1. The van der Waals surface area contributed by atoms with Crippen LogP contribution in [0.5, 0.6) is 0 Å². The summed E-state index contributed by atoms with van der Waals surface area (Å²) >= 11 is 0. The van der Waals surface area contributed by atoms with Crippen LogP contribution in [0.2, 0.25) is 0 Å². The molecule has 0 amide bonds. The lowest BCUT2D eigenvalue weighted by Crippen LogP contribution is -2.48. The van der Waals surface area contributed by atoms with E-state index in [0.717, 1.165) is 56.3 Å². The van der Waals surface area contributed by atoms with Gasteiger partial charge in [-0.15, -0.1) is 0 Å². The van der Waals surface area contributed by atoms with Crippen molar-refractivity contribution < 1.29 is 0 Å². The van der Waals surface area contributed by atoms with Gasteiger partial charge in [0.25, 0.3) is 0 Å². The molecule has 4 bridgehead atoms. The van der Waals surface area contributed by atoms with E-state index in [0.29, 0.717) is 28.6 Å². The molecule has 0 N–H and O–H groups in total. The lowest BCUT2D eigenvalue weighted by Gasteiger charge is -2.57. The van der Waals surface area contributed by atoms with Crippen LogP contribution in [0.25, 0.3) is 72.0 Å². The second kappa shape index (κ2) is 12.4. The van der Waals surface area contributed by atoms with Crippen molar-refractivity contribution in [3.05, 3.63) is 157 Å². The second-order valence-electron chi connectivity index (χ2n) is 15.4. The van der Waals surface area contributed by atoms with Crippen LogP contribution in [0, 0.1) is 24.3 Å². The minimum atomic E-state index is 0.390. The summed E-state index contributed by atoms with van der Waals surface area (Å²) in [5, 5.41) is 1.84. The summed E-state index contributed by atoms with van der Waals surface area (Å²) in [5.74, 6) is 4.61. The fourth-order valence-electron chi connectivity index (χ4n) is 10.2. The van der Waals surface area contributed by atoms with Gasteiger partial charge in [-0.25, -0.2) is 19.8 Å². The molecule has 11 rings (SSSR count). The van der Waals surface area contributed by atoms with Crippen molar-refractivity contribution in [2.24, 2.45) is 17.8 Å². The highest BCUT2D eigenvalue weighted by Crippen LogP contribution is 2.60. The Kier molecular flexibility index (Phi) is 7.35. The summed E-state index contributed by atoms with van der Waals surface area (Å²) in [4.78, 5) is 19.2. The first kappa shape index (κ1) is 30.9. The lowest BCUT2D eigenvalue weighted by atomic mass is 9.48. The van der Waals surface area contributed by atoms with Gasteiger partial charge >= 0.3 is 0 Å². The van der Waals surface area contributed by atoms with Gasteiger partial charge in [-0.05, 0) is 112 Å². The highest BCUT2D eigenvalue weighted by molar-refractivity contribution is 6.02. The standard InChI is InChI=1S/C48H38N4/c1-49-44-17-9-14-39-40(44)15-8-16-41(39)46-50-45(36-12-6-3-7-13-36)51-47(52-46)42-23-20-37(27-43(42)35-10-4-2-5-11-35)34-18-21-38(22-19-34)48-28-31-24-32(29-48)26-33(25-31)30-48/h2-23,27,31-33H,24-26,28-30H2. The van der Waals surface area contributed by atoms with Crippen molar-refractivity contribution >= 4 is 16.5 Å². The van der Waals surface area contributed by atoms with Crippen LogP contribution in [0.15, 0.2) is 140 Å². The maximum atomic E-state index is 7.76. The zero-order valence-electron chi connectivity index (χ0n) is 29.0. The fraction of sp³-hybridized carbons (Fsp3) is 0.208. The van der Waals surface area contributed by atoms with Crippen LogP contribution >= 0.6 is 0 Å². The molecule has 1 aromatic heterocycles. The summed E-state index contributed by atoms with van der Waals surface area (Å²) < 4.78 is 0. The summed E-state index contributed by atoms with van der Waals surface area (Å²) in [5.41, 5.74) is 9.90. The van der Waals surface area contributed by atoms with Crippen LogP contribution in [-0.2, 0) is 5.41 Å². The average molecular weight is 671 g/mol. The first-order valence-corrected chi connectivity index (χ1v) is 18.6. The summed E-state index contributed by atoms with van der Waals surface area (Å²) in [6.45, 7) is 7.76. The highest BCUT2D eigenvalue weighted by Gasteiger charge is 2.51. The normalized spacial score (nSPS) is 21.6. The largest absolute Gasteiger partial charge is 0.238 e. The third-order valence-corrected chi connectivity index (χ3v) is 12.1. The first-order chi connectivity index (χ1) is 25.6. The van der Waals surface area contributed by atoms with Crippen molar-refractivity contribution in [1.29, 1.82) is 0 Å². The number of aromatic nitrogens is 3. The molecule has 1 heterocycles. The molecule has 7 aromatic rings. The average Bonchev–Trinajstić information content (AvgIpc) is 3.20. The number of nitrogens with zero attached hydrogens (tertiary/aromatic N) is 4. The van der Waals surface area contributed by atoms with E-state index in [1.165, 1.54) is 49.7 Å². The molecular weight excluding hydrogens is 633 g/mol. The van der Waals surface area contributed by atoms with Gasteiger partial charge in [0.15, 0.2) is 23.2 Å². The van der Waals surface area contributed by atoms with Crippen LogP contribution in [-0.4, -0.2) is 15.0 Å². The van der Waals surface area contributed by atoms with Crippen LogP contribution in [0.1, 0.15) is 44.1 Å². The zero-order valence-corrected chi connectivity index (χ0v) is 29.0. The Hall–Kier alpha value is -5.92. The quantitative estimate of drug-likeness (QED) is 0.165. The van der Waals surface area contributed by atoms with Gasteiger partial charge in [-0.1, -0.05) is 127 Å². The van der Waals surface area contributed by atoms with Crippen molar-refractivity contribution in [3.63, 3.8) is 0 Å². The SMILES string of the molecule is [C-]#[N+]c1cccc2c(-c3nc(-c4ccccc4)nc(-c4ccc(-c5ccc(C67CC8CC(CC(C8)C6)C7)cc5)cc4-c4ccccc4)n3)cccc12. The number of fused-ring (bicyclic) bond motifs is 1. The molecule has 250 valence electrons. The predicted molar refractivity (Wildman–Crippen MR) is 211 cm³/mol. The van der Waals surface area contributed by atoms with Crippen LogP contribution < -0.4 is 0 Å². The lowest BCUT2D eigenvalue weighted by molar-refractivity contribution is -0.00518. The van der Waals surface area contributed by atoms with Gasteiger partial charge in [0.1, 0.15) is 0 Å². The fourth-order valence-corrected chi connectivity index (χ4v) is 10.2. The monoisotopic (exact) mass is 670 g/mol. The smallest absolute Gasteiger partial charge is 0.194 e. The Morgan fingerprint density at radius 2 is 1.04 bits per heavy atom. The van der Waals surface area contributed by atoms with E-state index in [9.17, 15) is 0 Å². The van der Waals surface area contributed by atoms with E-state index in [4.69, 9.17) is 21.5 Å². The molecular formula is C48H38N4. The van der Waals surface area contributed by atoms with E-state index < -0.39 is 0 Å². The molecule has 52 heavy (non-hydrogen) atoms. The van der Waals surface area contributed by atoms with Crippen molar-refractivity contribution in [2.75, 3.05) is 0 Å². The Morgan fingerprint density at radius 3 is 1.71 bits per heavy atom. The molecule has 4 fully saturated rings. The minimum Gasteiger partial charge on any atom is -0.238 e. The number of hydrogen-bond donors (Lipinski definition) is 0. The van der Waals surface area contributed by atoms with Crippen LogP contribution in [0.4, 0.5) is 5.69 Å². The van der Waals surface area contributed by atoms with Gasteiger partial charge < -0.3 is 0 Å². The molecule has 4 heteroatoms. The molecule has 4 saturated carbocycles. The Balaban J connectivity index is 1.10. The van der Waals surface area contributed by atoms with Gasteiger partial charge in [-0.2, -0.15) is 0 Å². The van der Waals surface area contributed by atoms with Gasteiger partial charge in [-0.3, -0.25) is 0 Å². The molecule has 4 aliphatic carbocycles. The summed E-state index contributed by atoms with van der Waals surface area (Å²) in [6.07, 6.45) is 8.53. The Labute approximate surface area is 305 Å². The van der Waals surface area contributed by atoms with Crippen LogP contribution in [0.3, 0.4) is 0 Å². The van der Waals surface area contributed by atoms with E-state index in [-0.39, 0.29) is 0 Å². The Morgan fingerprint density at radius 1 is 0.462 bits per heavy atom. The zero-order chi connectivity index (χ0) is 34.6.